The molecule has 0 spiro atoms. The zero-order chi connectivity index (χ0) is 15.7. The van der Waals surface area contributed by atoms with Crippen molar-refractivity contribution in [3.63, 3.8) is 0 Å². The van der Waals surface area contributed by atoms with E-state index in [1.807, 2.05) is 0 Å². The maximum atomic E-state index is 12.4. The van der Waals surface area contributed by atoms with Gasteiger partial charge in [-0.2, -0.15) is 0 Å². The van der Waals surface area contributed by atoms with Gasteiger partial charge in [-0.05, 0) is 61.2 Å². The largest absolute Gasteiger partial charge is 0.393 e. The summed E-state index contributed by atoms with van der Waals surface area (Å²) in [5.41, 5.74) is 0.0145. The van der Waals surface area contributed by atoms with Crippen LogP contribution in [0.3, 0.4) is 0 Å². The number of carbonyl (C=O) groups is 2. The van der Waals surface area contributed by atoms with Crippen LogP contribution in [0.5, 0.6) is 0 Å². The molecular formula is C19H28O3. The van der Waals surface area contributed by atoms with Crippen molar-refractivity contribution in [3.8, 4) is 0 Å². The Bertz CT molecular complexity index is 527. The van der Waals surface area contributed by atoms with E-state index in [4.69, 9.17) is 0 Å². The Morgan fingerprint density at radius 3 is 2.59 bits per heavy atom. The number of Topliss-reactive ketones (excluding diaryl/α,β-unsaturated/α-hetero) is 2. The van der Waals surface area contributed by atoms with Crippen LogP contribution in [0.4, 0.5) is 0 Å². The van der Waals surface area contributed by atoms with E-state index in [1.54, 1.807) is 0 Å². The minimum absolute atomic E-state index is 0.185. The lowest BCUT2D eigenvalue weighted by Gasteiger charge is -2.60. The molecule has 1 unspecified atom stereocenters. The fraction of sp³-hybridized carbons (Fsp3) is 0.895. The predicted octanol–water partition coefficient (Wildman–Crippen LogP) is 3.14. The molecule has 4 rings (SSSR count). The van der Waals surface area contributed by atoms with Crippen molar-refractivity contribution >= 4 is 11.6 Å². The Balaban J connectivity index is 1.70. The first-order valence-electron chi connectivity index (χ1n) is 9.09. The molecule has 4 fully saturated rings. The van der Waals surface area contributed by atoms with E-state index in [0.29, 0.717) is 48.6 Å². The van der Waals surface area contributed by atoms with Gasteiger partial charge < -0.3 is 5.11 Å². The summed E-state index contributed by atoms with van der Waals surface area (Å²) in [4.78, 5) is 24.3. The quantitative estimate of drug-likeness (QED) is 0.748. The smallest absolute Gasteiger partial charge is 0.139 e. The third-order valence-corrected chi connectivity index (χ3v) is 8.21. The molecule has 0 aliphatic heterocycles. The van der Waals surface area contributed by atoms with E-state index in [1.165, 1.54) is 0 Å². The third kappa shape index (κ3) is 1.78. The lowest BCUT2D eigenvalue weighted by atomic mass is 9.44. The number of aliphatic hydroxyl groups is 1. The number of aliphatic hydroxyl groups excluding tert-OH is 1. The van der Waals surface area contributed by atoms with E-state index in [0.717, 1.165) is 32.1 Å². The normalized spacial score (nSPS) is 54.6. The average molecular weight is 304 g/mol. The van der Waals surface area contributed by atoms with Gasteiger partial charge in [-0.1, -0.05) is 13.8 Å². The molecule has 0 saturated heterocycles. The van der Waals surface area contributed by atoms with Gasteiger partial charge in [0.1, 0.15) is 11.6 Å². The maximum absolute atomic E-state index is 12.4. The summed E-state index contributed by atoms with van der Waals surface area (Å²) in [5.74, 6) is 2.30. The topological polar surface area (TPSA) is 54.4 Å². The van der Waals surface area contributed by atoms with Crippen LogP contribution in [0.1, 0.15) is 65.2 Å². The van der Waals surface area contributed by atoms with E-state index in [9.17, 15) is 14.7 Å². The number of fused-ring (bicyclic) bond motifs is 5. The maximum Gasteiger partial charge on any atom is 0.139 e. The van der Waals surface area contributed by atoms with Crippen LogP contribution in [0, 0.1) is 34.5 Å². The molecule has 0 bridgehead atoms. The minimum atomic E-state index is -0.315. The Kier molecular flexibility index (Phi) is 3.15. The summed E-state index contributed by atoms with van der Waals surface area (Å²) in [6, 6.07) is 0. The van der Waals surface area contributed by atoms with Gasteiger partial charge >= 0.3 is 0 Å². The van der Waals surface area contributed by atoms with Crippen molar-refractivity contribution in [2.45, 2.75) is 71.3 Å². The third-order valence-electron chi connectivity index (χ3n) is 8.21. The number of ketones is 2. The standard InChI is InChI=1S/C19H28O3/c1-18-7-5-12(20)9-11(18)10-15(21)17-13-3-4-16(22)19(13,2)8-6-14(17)18/h11,13-15,17,21H,3-10H2,1-2H3/t11?,13-,14-,15+,17-,18-,19-/m0/s1. The molecule has 0 heterocycles. The van der Waals surface area contributed by atoms with Crippen LogP contribution in [0.2, 0.25) is 0 Å². The van der Waals surface area contributed by atoms with Gasteiger partial charge in [0.15, 0.2) is 0 Å². The number of rotatable bonds is 0. The summed E-state index contributed by atoms with van der Waals surface area (Å²) < 4.78 is 0. The molecule has 0 aromatic carbocycles. The Labute approximate surface area is 132 Å². The Morgan fingerprint density at radius 1 is 1.05 bits per heavy atom. The van der Waals surface area contributed by atoms with Gasteiger partial charge in [0.05, 0.1) is 6.10 Å². The molecular weight excluding hydrogens is 276 g/mol. The van der Waals surface area contributed by atoms with Gasteiger partial charge in [0.2, 0.25) is 0 Å². The molecule has 0 aromatic rings. The zero-order valence-corrected chi connectivity index (χ0v) is 13.8. The molecule has 22 heavy (non-hydrogen) atoms. The first kappa shape index (κ1) is 14.9. The summed E-state index contributed by atoms with van der Waals surface area (Å²) in [6.07, 6.45) is 6.53. The lowest BCUT2D eigenvalue weighted by molar-refractivity contribution is -0.166. The molecule has 0 radical (unpaired) electrons. The van der Waals surface area contributed by atoms with Crippen molar-refractivity contribution in [3.05, 3.63) is 0 Å². The van der Waals surface area contributed by atoms with Crippen LogP contribution < -0.4 is 0 Å². The van der Waals surface area contributed by atoms with Crippen LogP contribution in [-0.2, 0) is 9.59 Å². The fourth-order valence-corrected chi connectivity index (χ4v) is 6.79. The highest BCUT2D eigenvalue weighted by atomic mass is 16.3. The van der Waals surface area contributed by atoms with Crippen LogP contribution >= 0.6 is 0 Å². The molecule has 0 amide bonds. The molecule has 4 aliphatic carbocycles. The average Bonchev–Trinajstić information content (AvgIpc) is 2.77. The highest BCUT2D eigenvalue weighted by Crippen LogP contribution is 2.65. The molecule has 4 aliphatic rings. The second-order valence-electron chi connectivity index (χ2n) is 8.96. The summed E-state index contributed by atoms with van der Waals surface area (Å²) >= 11 is 0. The van der Waals surface area contributed by atoms with Gasteiger partial charge in [-0.25, -0.2) is 0 Å². The van der Waals surface area contributed by atoms with Crippen LogP contribution in [-0.4, -0.2) is 22.8 Å². The number of hydrogen-bond donors (Lipinski definition) is 1. The number of hydrogen-bond acceptors (Lipinski definition) is 3. The highest BCUT2D eigenvalue weighted by molar-refractivity contribution is 5.87. The van der Waals surface area contributed by atoms with Gasteiger partial charge in [0.25, 0.3) is 0 Å². The first-order valence-corrected chi connectivity index (χ1v) is 9.09. The fourth-order valence-electron chi connectivity index (χ4n) is 6.79. The lowest BCUT2D eigenvalue weighted by Crippen LogP contribution is -2.58. The molecule has 3 nitrogen and oxygen atoms in total. The minimum Gasteiger partial charge on any atom is -0.393 e. The van der Waals surface area contributed by atoms with Gasteiger partial charge in [-0.15, -0.1) is 0 Å². The molecule has 4 saturated carbocycles. The molecule has 0 aromatic heterocycles. The van der Waals surface area contributed by atoms with E-state index >= 15 is 0 Å². The highest BCUT2D eigenvalue weighted by Gasteiger charge is 2.62. The van der Waals surface area contributed by atoms with Gasteiger partial charge in [0, 0.05) is 24.7 Å². The monoisotopic (exact) mass is 304 g/mol. The molecule has 122 valence electrons. The van der Waals surface area contributed by atoms with Crippen molar-refractivity contribution in [1.29, 1.82) is 0 Å². The Morgan fingerprint density at radius 2 is 1.82 bits per heavy atom. The predicted molar refractivity (Wildman–Crippen MR) is 83.1 cm³/mol. The summed E-state index contributed by atoms with van der Waals surface area (Å²) in [5, 5.41) is 10.9. The first-order chi connectivity index (χ1) is 10.4. The van der Waals surface area contributed by atoms with Crippen molar-refractivity contribution in [2.24, 2.45) is 34.5 Å². The second-order valence-corrected chi connectivity index (χ2v) is 8.96. The van der Waals surface area contributed by atoms with Gasteiger partial charge in [-0.3, -0.25) is 9.59 Å². The summed E-state index contributed by atoms with van der Waals surface area (Å²) in [7, 11) is 0. The van der Waals surface area contributed by atoms with Crippen molar-refractivity contribution < 1.29 is 14.7 Å². The SMILES string of the molecule is C[C@]12CCC(=O)CC1C[C@@H](O)[C@@H]1[C@@H]2CC[C@]2(C)C(=O)CC[C@@H]12. The van der Waals surface area contributed by atoms with Crippen LogP contribution in [0.15, 0.2) is 0 Å². The molecule has 7 atom stereocenters. The van der Waals surface area contributed by atoms with Crippen molar-refractivity contribution in [2.75, 3.05) is 0 Å². The zero-order valence-electron chi connectivity index (χ0n) is 13.8. The van der Waals surface area contributed by atoms with E-state index in [-0.39, 0.29) is 22.9 Å². The second kappa shape index (κ2) is 4.66. The molecule has 1 N–H and O–H groups in total. The Hall–Kier alpha value is -0.700. The van der Waals surface area contributed by atoms with Crippen molar-refractivity contribution in [1.82, 2.24) is 0 Å². The van der Waals surface area contributed by atoms with E-state index in [2.05, 4.69) is 13.8 Å². The summed E-state index contributed by atoms with van der Waals surface area (Å²) in [6.45, 7) is 4.52. The van der Waals surface area contributed by atoms with E-state index < -0.39 is 0 Å². The number of carbonyl (C=O) groups excluding carboxylic acids is 2. The van der Waals surface area contributed by atoms with Crippen LogP contribution in [0.25, 0.3) is 0 Å². The molecule has 3 heteroatoms.